The first-order valence-electron chi connectivity index (χ1n) is 10.7. The van der Waals surface area contributed by atoms with Crippen molar-refractivity contribution in [3.05, 3.63) is 47.6 Å². The van der Waals surface area contributed by atoms with Gasteiger partial charge in [-0.25, -0.2) is 4.79 Å². The number of carboxylic acids is 1. The van der Waals surface area contributed by atoms with Gasteiger partial charge in [0.05, 0.1) is 0 Å². The van der Waals surface area contributed by atoms with Crippen LogP contribution < -0.4 is 21.3 Å². The van der Waals surface area contributed by atoms with Crippen molar-refractivity contribution in [3.8, 4) is 0 Å². The molecule has 2 aliphatic carbocycles. The normalized spacial score (nSPS) is 24.6. The molecule has 2 aliphatic rings. The van der Waals surface area contributed by atoms with E-state index in [1.807, 2.05) is 19.2 Å². The molecular formula is C23H32N4O5. The number of allylic oxidation sites excluding steroid dienone is 4. The second-order valence-corrected chi connectivity index (χ2v) is 7.98. The zero-order chi connectivity index (χ0) is 23.7. The molecule has 174 valence electrons. The van der Waals surface area contributed by atoms with Crippen LogP contribution in [-0.4, -0.2) is 60.0 Å². The third kappa shape index (κ3) is 8.14. The van der Waals surface area contributed by atoms with E-state index in [9.17, 15) is 24.3 Å². The third-order valence-corrected chi connectivity index (χ3v) is 5.30. The van der Waals surface area contributed by atoms with Crippen LogP contribution in [0.25, 0.3) is 0 Å². The number of aliphatic carboxylic acids is 1. The SMILES string of the molecule is CN[C@@H]1C=CC(=C[C@H](NC(C)=O)C(=O)N[C@H](/C=C2/C=C[C@H](NC(C)=O)CC2)C(=O)O)CC1. The maximum absolute atomic E-state index is 12.8. The van der Waals surface area contributed by atoms with Gasteiger partial charge in [-0.15, -0.1) is 0 Å². The van der Waals surface area contributed by atoms with E-state index in [1.165, 1.54) is 19.9 Å². The summed E-state index contributed by atoms with van der Waals surface area (Å²) >= 11 is 0. The van der Waals surface area contributed by atoms with Gasteiger partial charge in [-0.05, 0) is 56.0 Å². The molecule has 32 heavy (non-hydrogen) atoms. The van der Waals surface area contributed by atoms with E-state index in [2.05, 4.69) is 21.3 Å². The van der Waals surface area contributed by atoms with Crippen LogP contribution in [-0.2, 0) is 19.2 Å². The minimum atomic E-state index is -1.25. The Morgan fingerprint density at radius 1 is 0.906 bits per heavy atom. The zero-order valence-electron chi connectivity index (χ0n) is 18.7. The minimum Gasteiger partial charge on any atom is -0.479 e. The lowest BCUT2D eigenvalue weighted by Gasteiger charge is -2.22. The van der Waals surface area contributed by atoms with E-state index in [-0.39, 0.29) is 23.9 Å². The van der Waals surface area contributed by atoms with Crippen LogP contribution in [0.1, 0.15) is 39.5 Å². The standard InChI is InChI=1S/C23H32N4O5/c1-14(28)25-19-10-6-17(7-11-19)13-21(23(31)32)27-22(30)20(26-15(2)29)12-16-4-8-18(24-3)9-5-16/h4,6,8,10,12-13,18-21,24H,5,7,9,11H2,1-3H3,(H,25,28)(H,26,29)(H,27,30)(H,31,32)/b16-12?,17-13-/t18-,19+,20+,21-/m1/s1. The molecule has 0 saturated heterocycles. The highest BCUT2D eigenvalue weighted by molar-refractivity contribution is 5.92. The number of carboxylic acid groups (broad SMARTS) is 1. The van der Waals surface area contributed by atoms with Crippen molar-refractivity contribution in [1.29, 1.82) is 0 Å². The van der Waals surface area contributed by atoms with Gasteiger partial charge in [-0.1, -0.05) is 24.3 Å². The van der Waals surface area contributed by atoms with Crippen molar-refractivity contribution in [3.63, 3.8) is 0 Å². The van der Waals surface area contributed by atoms with Crippen LogP contribution in [0.5, 0.6) is 0 Å². The highest BCUT2D eigenvalue weighted by atomic mass is 16.4. The number of amides is 3. The highest BCUT2D eigenvalue weighted by Crippen LogP contribution is 2.19. The molecule has 9 nitrogen and oxygen atoms in total. The van der Waals surface area contributed by atoms with Gasteiger partial charge >= 0.3 is 5.97 Å². The Kier molecular flexibility index (Phi) is 9.39. The fourth-order valence-corrected chi connectivity index (χ4v) is 3.63. The summed E-state index contributed by atoms with van der Waals surface area (Å²) in [6.45, 7) is 2.75. The van der Waals surface area contributed by atoms with Crippen molar-refractivity contribution in [2.45, 2.75) is 63.7 Å². The summed E-state index contributed by atoms with van der Waals surface area (Å²) in [5.74, 6) is -2.32. The van der Waals surface area contributed by atoms with Gasteiger partial charge in [0, 0.05) is 25.9 Å². The average Bonchev–Trinajstić information content (AvgIpc) is 2.73. The molecule has 0 aromatic rings. The van der Waals surface area contributed by atoms with Crippen molar-refractivity contribution < 1.29 is 24.3 Å². The van der Waals surface area contributed by atoms with E-state index >= 15 is 0 Å². The van der Waals surface area contributed by atoms with Crippen LogP contribution in [0.4, 0.5) is 0 Å². The molecule has 0 saturated carbocycles. The van der Waals surface area contributed by atoms with Crippen LogP contribution in [0.3, 0.4) is 0 Å². The van der Waals surface area contributed by atoms with E-state index in [0.29, 0.717) is 12.8 Å². The van der Waals surface area contributed by atoms with Crippen LogP contribution >= 0.6 is 0 Å². The summed E-state index contributed by atoms with van der Waals surface area (Å²) in [5, 5.41) is 20.6. The predicted octanol–water partition coefficient (Wildman–Crippen LogP) is 0.706. The summed E-state index contributed by atoms with van der Waals surface area (Å²) in [6.07, 6.45) is 13.4. The lowest BCUT2D eigenvalue weighted by Crippen LogP contribution is -2.50. The van der Waals surface area contributed by atoms with Gasteiger partial charge in [0.15, 0.2) is 0 Å². The molecule has 5 N–H and O–H groups in total. The monoisotopic (exact) mass is 444 g/mol. The van der Waals surface area contributed by atoms with Crippen LogP contribution in [0, 0.1) is 0 Å². The number of nitrogens with one attached hydrogen (secondary N) is 4. The molecule has 4 atom stereocenters. The summed E-state index contributed by atoms with van der Waals surface area (Å²) in [6, 6.07) is -2.06. The van der Waals surface area contributed by atoms with Gasteiger partial charge in [-0.2, -0.15) is 0 Å². The average molecular weight is 445 g/mol. The minimum absolute atomic E-state index is 0.0932. The lowest BCUT2D eigenvalue weighted by atomic mass is 9.95. The van der Waals surface area contributed by atoms with Gasteiger partial charge in [-0.3, -0.25) is 14.4 Å². The van der Waals surface area contributed by atoms with E-state index in [1.54, 1.807) is 18.2 Å². The first kappa shape index (κ1) is 25.1. The first-order valence-corrected chi connectivity index (χ1v) is 10.7. The molecular weight excluding hydrogens is 412 g/mol. The number of carbonyl (C=O) groups excluding carboxylic acids is 3. The molecule has 0 radical (unpaired) electrons. The third-order valence-electron chi connectivity index (χ3n) is 5.30. The summed E-state index contributed by atoms with van der Waals surface area (Å²) < 4.78 is 0. The summed E-state index contributed by atoms with van der Waals surface area (Å²) in [5.41, 5.74) is 1.65. The molecule has 0 bridgehead atoms. The molecule has 0 aliphatic heterocycles. The van der Waals surface area contributed by atoms with E-state index in [4.69, 9.17) is 0 Å². The Morgan fingerprint density at radius 3 is 1.91 bits per heavy atom. The van der Waals surface area contributed by atoms with E-state index in [0.717, 1.165) is 24.0 Å². The number of hydrogen-bond donors (Lipinski definition) is 5. The molecule has 0 heterocycles. The first-order chi connectivity index (χ1) is 15.2. The number of likely N-dealkylation sites (N-methyl/N-ethyl adjacent to an activating group) is 1. The Morgan fingerprint density at radius 2 is 1.47 bits per heavy atom. The second-order valence-electron chi connectivity index (χ2n) is 7.98. The van der Waals surface area contributed by atoms with Gasteiger partial charge in [0.1, 0.15) is 12.1 Å². The summed E-state index contributed by atoms with van der Waals surface area (Å²) in [4.78, 5) is 47.4. The van der Waals surface area contributed by atoms with Gasteiger partial charge in [0.2, 0.25) is 17.7 Å². The Balaban J connectivity index is 2.12. The Labute approximate surface area is 188 Å². The van der Waals surface area contributed by atoms with Gasteiger partial charge < -0.3 is 26.4 Å². The fourth-order valence-electron chi connectivity index (χ4n) is 3.63. The maximum atomic E-state index is 12.8. The second kappa shape index (κ2) is 12.0. The quantitative estimate of drug-likeness (QED) is 0.374. The molecule has 0 fully saturated rings. The predicted molar refractivity (Wildman–Crippen MR) is 121 cm³/mol. The highest BCUT2D eigenvalue weighted by Gasteiger charge is 2.25. The van der Waals surface area contributed by atoms with Crippen molar-refractivity contribution in [2.75, 3.05) is 7.05 Å². The molecule has 2 rings (SSSR count). The molecule has 9 heteroatoms. The lowest BCUT2D eigenvalue weighted by molar-refractivity contribution is -0.140. The van der Waals surface area contributed by atoms with Crippen molar-refractivity contribution in [2.24, 2.45) is 0 Å². The number of carbonyl (C=O) groups is 4. The molecule has 0 aromatic heterocycles. The van der Waals surface area contributed by atoms with Crippen molar-refractivity contribution >= 4 is 23.7 Å². The van der Waals surface area contributed by atoms with Crippen LogP contribution in [0.15, 0.2) is 47.6 Å². The molecule has 0 spiro atoms. The van der Waals surface area contributed by atoms with Crippen molar-refractivity contribution in [1.82, 2.24) is 21.3 Å². The topological polar surface area (TPSA) is 137 Å². The van der Waals surface area contributed by atoms with E-state index < -0.39 is 24.0 Å². The Bertz CT molecular complexity index is 858. The maximum Gasteiger partial charge on any atom is 0.330 e. The van der Waals surface area contributed by atoms with Crippen LogP contribution in [0.2, 0.25) is 0 Å². The zero-order valence-corrected chi connectivity index (χ0v) is 18.7. The molecule has 0 unspecified atom stereocenters. The molecule has 3 amide bonds. The fraction of sp³-hybridized carbons (Fsp3) is 0.478. The Hall–Kier alpha value is -3.20. The van der Waals surface area contributed by atoms with Gasteiger partial charge in [0.25, 0.3) is 0 Å². The molecule has 0 aromatic carbocycles. The number of rotatable bonds is 8. The summed E-state index contributed by atoms with van der Waals surface area (Å²) in [7, 11) is 1.87. The largest absolute Gasteiger partial charge is 0.479 e. The number of hydrogen-bond acceptors (Lipinski definition) is 5. The smallest absolute Gasteiger partial charge is 0.330 e.